The van der Waals surface area contributed by atoms with Gasteiger partial charge in [0, 0.05) is 12.7 Å². The summed E-state index contributed by atoms with van der Waals surface area (Å²) in [7, 11) is -1.07. The highest BCUT2D eigenvalue weighted by Crippen LogP contribution is 2.14. The first-order valence-corrected chi connectivity index (χ1v) is 5.96. The topological polar surface area (TPSA) is 54.9 Å². The Morgan fingerprint density at radius 2 is 2.40 bits per heavy atom. The van der Waals surface area contributed by atoms with E-state index in [2.05, 4.69) is 15.3 Å². The normalized spacial score (nSPS) is 22.1. The molecular weight excluding hydrogens is 257 g/mol. The van der Waals surface area contributed by atoms with Crippen molar-refractivity contribution in [2.45, 2.75) is 16.7 Å². The summed E-state index contributed by atoms with van der Waals surface area (Å²) in [6.45, 7) is 1.71. The Morgan fingerprint density at radius 1 is 1.60 bits per heavy atom. The van der Waals surface area contributed by atoms with E-state index in [0.29, 0.717) is 5.03 Å². The summed E-state index contributed by atoms with van der Waals surface area (Å²) in [6.07, 6.45) is 2.46. The van der Waals surface area contributed by atoms with Crippen molar-refractivity contribution >= 4 is 34.8 Å². The lowest BCUT2D eigenvalue weighted by Crippen LogP contribution is -2.19. The molecule has 0 spiro atoms. The van der Waals surface area contributed by atoms with E-state index in [4.69, 9.17) is 11.6 Å². The minimum Gasteiger partial charge on any atom is -0.315 e. The van der Waals surface area contributed by atoms with Gasteiger partial charge in [0.15, 0.2) is 0 Å². The number of rotatable bonds is 2. The average Bonchev–Trinajstić information content (AvgIpc) is 2.69. The fraction of sp³-hybridized carbons (Fsp3) is 0.500. The van der Waals surface area contributed by atoms with Crippen LogP contribution in [0.15, 0.2) is 17.3 Å². The van der Waals surface area contributed by atoms with E-state index in [1.807, 2.05) is 0 Å². The number of hydrogen-bond donors (Lipinski definition) is 1. The van der Waals surface area contributed by atoms with Crippen LogP contribution in [0.1, 0.15) is 6.42 Å². The molecule has 7 heteroatoms. The Bertz CT molecular complexity index is 357. The van der Waals surface area contributed by atoms with Gasteiger partial charge in [-0.2, -0.15) is 0 Å². The first-order valence-electron chi connectivity index (χ1n) is 4.37. The summed E-state index contributed by atoms with van der Waals surface area (Å²) < 4.78 is 11.9. The van der Waals surface area contributed by atoms with Crippen LogP contribution in [-0.4, -0.2) is 32.5 Å². The van der Waals surface area contributed by atoms with Crippen LogP contribution in [0.4, 0.5) is 0 Å². The highest BCUT2D eigenvalue weighted by molar-refractivity contribution is 7.85. The fourth-order valence-corrected chi connectivity index (χ4v) is 2.92. The van der Waals surface area contributed by atoms with Crippen molar-refractivity contribution in [3.05, 3.63) is 17.5 Å². The van der Waals surface area contributed by atoms with Crippen LogP contribution in [0.5, 0.6) is 0 Å². The van der Waals surface area contributed by atoms with Crippen LogP contribution >= 0.6 is 24.0 Å². The quantitative estimate of drug-likeness (QED) is 0.642. The Hall–Kier alpha value is -0.230. The summed E-state index contributed by atoms with van der Waals surface area (Å²) in [4.78, 5) is 7.70. The van der Waals surface area contributed by atoms with Crippen molar-refractivity contribution < 1.29 is 4.21 Å². The third-order valence-electron chi connectivity index (χ3n) is 2.12. The highest BCUT2D eigenvalue weighted by Gasteiger charge is 2.23. The van der Waals surface area contributed by atoms with Crippen molar-refractivity contribution in [1.82, 2.24) is 15.3 Å². The van der Waals surface area contributed by atoms with Gasteiger partial charge in [-0.25, -0.2) is 9.97 Å². The molecule has 1 fully saturated rings. The van der Waals surface area contributed by atoms with E-state index in [9.17, 15) is 4.21 Å². The number of hydrogen-bond acceptors (Lipinski definition) is 4. The third-order valence-corrected chi connectivity index (χ3v) is 3.95. The molecule has 2 rings (SSSR count). The van der Waals surface area contributed by atoms with Gasteiger partial charge >= 0.3 is 0 Å². The van der Waals surface area contributed by atoms with Crippen molar-refractivity contribution in [3.8, 4) is 0 Å². The molecule has 0 bridgehead atoms. The largest absolute Gasteiger partial charge is 0.315 e. The second-order valence-electron chi connectivity index (χ2n) is 3.08. The van der Waals surface area contributed by atoms with Crippen molar-refractivity contribution in [2.75, 3.05) is 13.1 Å². The minimum atomic E-state index is -1.07. The van der Waals surface area contributed by atoms with E-state index < -0.39 is 10.8 Å². The molecule has 15 heavy (non-hydrogen) atoms. The molecule has 0 saturated carbocycles. The molecule has 1 saturated heterocycles. The molecule has 1 aromatic rings. The zero-order chi connectivity index (χ0) is 9.97. The van der Waals surface area contributed by atoms with Crippen LogP contribution in [0.3, 0.4) is 0 Å². The van der Waals surface area contributed by atoms with E-state index in [-0.39, 0.29) is 22.9 Å². The standard InChI is InChI=1S/C8H10ClN3OS.ClH/c9-8-11-4-2-7(12-8)14(13)6-1-3-10-5-6;/h2,4,6,10H,1,3,5H2;1H/t6-,14?;/m1./s1. The number of aromatic nitrogens is 2. The van der Waals surface area contributed by atoms with E-state index in [0.717, 1.165) is 19.5 Å². The fourth-order valence-electron chi connectivity index (χ4n) is 1.41. The molecule has 84 valence electrons. The predicted octanol–water partition coefficient (Wildman–Crippen LogP) is 1.02. The van der Waals surface area contributed by atoms with Crippen LogP contribution in [0, 0.1) is 0 Å². The third kappa shape index (κ3) is 3.11. The number of nitrogens with one attached hydrogen (secondary N) is 1. The lowest BCUT2D eigenvalue weighted by Gasteiger charge is -2.06. The van der Waals surface area contributed by atoms with Gasteiger partial charge in [0.25, 0.3) is 0 Å². The first-order chi connectivity index (χ1) is 6.77. The molecule has 0 aliphatic carbocycles. The lowest BCUT2D eigenvalue weighted by molar-refractivity contribution is 0.669. The molecular formula is C8H11Cl2N3OS. The highest BCUT2D eigenvalue weighted by atomic mass is 35.5. The minimum absolute atomic E-state index is 0. The zero-order valence-electron chi connectivity index (χ0n) is 7.85. The predicted molar refractivity (Wildman–Crippen MR) is 62.0 cm³/mol. The van der Waals surface area contributed by atoms with Gasteiger partial charge in [-0.15, -0.1) is 12.4 Å². The monoisotopic (exact) mass is 267 g/mol. The van der Waals surface area contributed by atoms with Crippen molar-refractivity contribution in [2.24, 2.45) is 0 Å². The Balaban J connectivity index is 0.00000112. The molecule has 0 amide bonds. The molecule has 4 nitrogen and oxygen atoms in total. The average molecular weight is 268 g/mol. The van der Waals surface area contributed by atoms with Gasteiger partial charge < -0.3 is 5.32 Å². The molecule has 1 aromatic heterocycles. The van der Waals surface area contributed by atoms with Crippen molar-refractivity contribution in [3.63, 3.8) is 0 Å². The Morgan fingerprint density at radius 3 is 3.00 bits per heavy atom. The van der Waals surface area contributed by atoms with E-state index in [1.54, 1.807) is 6.07 Å². The summed E-state index contributed by atoms with van der Waals surface area (Å²) in [6, 6.07) is 1.65. The van der Waals surface area contributed by atoms with Crippen LogP contribution in [0.25, 0.3) is 0 Å². The van der Waals surface area contributed by atoms with Gasteiger partial charge in [-0.1, -0.05) is 0 Å². The van der Waals surface area contributed by atoms with Crippen LogP contribution < -0.4 is 5.32 Å². The molecule has 1 unspecified atom stereocenters. The van der Waals surface area contributed by atoms with Gasteiger partial charge in [0.2, 0.25) is 5.28 Å². The smallest absolute Gasteiger partial charge is 0.223 e. The Labute approximate surface area is 102 Å². The zero-order valence-corrected chi connectivity index (χ0v) is 10.2. The molecule has 1 aliphatic heterocycles. The molecule has 1 N–H and O–H groups in total. The number of nitrogens with zero attached hydrogens (tertiary/aromatic N) is 2. The van der Waals surface area contributed by atoms with Crippen LogP contribution in [-0.2, 0) is 10.8 Å². The van der Waals surface area contributed by atoms with E-state index >= 15 is 0 Å². The maximum absolute atomic E-state index is 11.9. The molecule has 2 heterocycles. The summed E-state index contributed by atoms with van der Waals surface area (Å²) in [5, 5.41) is 4.00. The van der Waals surface area contributed by atoms with Crippen LogP contribution in [0.2, 0.25) is 5.28 Å². The molecule has 0 radical (unpaired) electrons. The number of halogens is 2. The molecule has 1 aliphatic rings. The SMILES string of the molecule is Cl.O=S(c1ccnc(Cl)n1)[C@@H]1CCNC1. The maximum Gasteiger partial charge on any atom is 0.223 e. The van der Waals surface area contributed by atoms with Crippen molar-refractivity contribution in [1.29, 1.82) is 0 Å². The second kappa shape index (κ2) is 5.75. The lowest BCUT2D eigenvalue weighted by atomic mass is 10.4. The van der Waals surface area contributed by atoms with Gasteiger partial charge in [-0.05, 0) is 30.6 Å². The molecule has 2 atom stereocenters. The first kappa shape index (κ1) is 12.8. The van der Waals surface area contributed by atoms with Gasteiger partial charge in [0.1, 0.15) is 5.03 Å². The summed E-state index contributed by atoms with van der Waals surface area (Å²) in [5.74, 6) is 0. The maximum atomic E-state index is 11.9. The summed E-state index contributed by atoms with van der Waals surface area (Å²) >= 11 is 5.62. The van der Waals surface area contributed by atoms with Gasteiger partial charge in [-0.3, -0.25) is 4.21 Å². The van der Waals surface area contributed by atoms with E-state index in [1.165, 1.54) is 6.20 Å². The summed E-state index contributed by atoms with van der Waals surface area (Å²) in [5.41, 5.74) is 0. The second-order valence-corrected chi connectivity index (χ2v) is 5.09. The Kier molecular flexibility index (Phi) is 4.92. The molecule has 0 aromatic carbocycles. The van der Waals surface area contributed by atoms with Gasteiger partial charge in [0.05, 0.1) is 16.0 Å².